The largest absolute Gasteiger partial charge is 0.339 e. The molecule has 3 aromatic carbocycles. The topological polar surface area (TPSA) is 57.7 Å². The van der Waals surface area contributed by atoms with Crippen LogP contribution in [0, 0.1) is 13.8 Å². The van der Waals surface area contributed by atoms with E-state index in [2.05, 4.69) is 18.7 Å². The van der Waals surface area contributed by atoms with E-state index in [1.54, 1.807) is 24.3 Å². The maximum Gasteiger partial charge on any atom is 0.261 e. The Balaban J connectivity index is 1.44. The number of amides is 2. The van der Waals surface area contributed by atoms with E-state index in [9.17, 15) is 13.8 Å². The molecule has 0 bridgehead atoms. The van der Waals surface area contributed by atoms with Gasteiger partial charge in [0.05, 0.1) is 43.1 Å². The highest BCUT2D eigenvalue weighted by Gasteiger charge is 2.35. The number of imide groups is 1. The average Bonchev–Trinajstić information content (AvgIpc) is 3.03. The Hall–Kier alpha value is -3.25. The van der Waals surface area contributed by atoms with Gasteiger partial charge in [-0.15, -0.1) is 0 Å². The smallest absolute Gasteiger partial charge is 0.261 e. The van der Waals surface area contributed by atoms with Crippen LogP contribution in [0.2, 0.25) is 0 Å². The van der Waals surface area contributed by atoms with E-state index in [4.69, 9.17) is 0 Å². The highest BCUT2D eigenvalue weighted by molar-refractivity contribution is 7.85. The number of aryl methyl sites for hydroxylation is 1. The highest BCUT2D eigenvalue weighted by Crippen LogP contribution is 2.44. The molecule has 0 N–H and O–H groups in total. The lowest BCUT2D eigenvalue weighted by molar-refractivity contribution is 0.0653. The van der Waals surface area contributed by atoms with Crippen molar-refractivity contribution in [3.05, 3.63) is 82.9 Å². The van der Waals surface area contributed by atoms with Crippen molar-refractivity contribution >= 4 is 34.0 Å². The summed E-state index contributed by atoms with van der Waals surface area (Å²) >= 11 is 0. The minimum Gasteiger partial charge on any atom is -0.339 e. The molecule has 2 aliphatic heterocycles. The first kappa shape index (κ1) is 19.7. The van der Waals surface area contributed by atoms with Gasteiger partial charge in [-0.3, -0.25) is 14.5 Å². The quantitative estimate of drug-likeness (QED) is 0.568. The molecule has 5 nitrogen and oxygen atoms in total. The van der Waals surface area contributed by atoms with Gasteiger partial charge in [-0.05, 0) is 61.7 Å². The third kappa shape index (κ3) is 3.01. The van der Waals surface area contributed by atoms with E-state index >= 15 is 0 Å². The molecule has 6 heteroatoms. The van der Waals surface area contributed by atoms with Crippen molar-refractivity contribution < 1.29 is 13.8 Å². The van der Waals surface area contributed by atoms with Gasteiger partial charge in [-0.2, -0.15) is 0 Å². The van der Waals surface area contributed by atoms with Gasteiger partial charge in [0.1, 0.15) is 0 Å². The molecule has 5 rings (SSSR count). The fourth-order valence-corrected chi connectivity index (χ4v) is 5.84. The maximum absolute atomic E-state index is 13.2. The second kappa shape index (κ2) is 7.46. The molecule has 0 aromatic heterocycles. The molecule has 31 heavy (non-hydrogen) atoms. The number of nitrogens with zero attached hydrogens (tertiary/aromatic N) is 2. The molecular formula is C25H22N2O3S. The van der Waals surface area contributed by atoms with Gasteiger partial charge in [0.15, 0.2) is 0 Å². The van der Waals surface area contributed by atoms with Crippen LogP contribution in [0.4, 0.5) is 11.4 Å². The molecule has 1 unspecified atom stereocenters. The summed E-state index contributed by atoms with van der Waals surface area (Å²) in [4.78, 5) is 30.5. The minimum absolute atomic E-state index is 0.229. The second-order valence-corrected chi connectivity index (χ2v) is 9.32. The standard InChI is InChI=1S/C25H22N2O3S/c1-16-12-13-22-23(17(16)2)26(20-10-5-6-11-21(20)31(22)30)14-7-15-27-24(28)18-8-3-4-9-19(18)25(27)29/h3-6,8-13H,7,14-15H2,1-2H3. The van der Waals surface area contributed by atoms with E-state index in [1.807, 2.05) is 36.4 Å². The van der Waals surface area contributed by atoms with Crippen molar-refractivity contribution in [2.75, 3.05) is 18.0 Å². The Labute approximate surface area is 183 Å². The third-order valence-electron chi connectivity index (χ3n) is 6.13. The number of carbonyl (C=O) groups excluding carboxylic acids is 2. The number of anilines is 2. The van der Waals surface area contributed by atoms with E-state index in [0.29, 0.717) is 30.6 Å². The van der Waals surface area contributed by atoms with Gasteiger partial charge < -0.3 is 4.90 Å². The van der Waals surface area contributed by atoms with Gasteiger partial charge in [-0.25, -0.2) is 4.21 Å². The molecule has 156 valence electrons. The predicted molar refractivity (Wildman–Crippen MR) is 120 cm³/mol. The zero-order chi connectivity index (χ0) is 21.7. The molecule has 1 atom stereocenters. The van der Waals surface area contributed by atoms with Gasteiger partial charge in [0, 0.05) is 13.1 Å². The van der Waals surface area contributed by atoms with Crippen molar-refractivity contribution in [3.63, 3.8) is 0 Å². The molecule has 2 heterocycles. The summed E-state index contributed by atoms with van der Waals surface area (Å²) in [5.74, 6) is -0.457. The number of rotatable bonds is 4. The Morgan fingerprint density at radius 1 is 0.742 bits per heavy atom. The summed E-state index contributed by atoms with van der Waals surface area (Å²) in [6, 6.07) is 18.7. The molecule has 0 fully saturated rings. The molecule has 2 amide bonds. The SMILES string of the molecule is Cc1ccc2c(c1C)N(CCCN1C(=O)c3ccccc3C1=O)c1ccccc1S2=O. The van der Waals surface area contributed by atoms with Crippen LogP contribution in [0.3, 0.4) is 0 Å². The third-order valence-corrected chi connectivity index (χ3v) is 7.61. The predicted octanol–water partition coefficient (Wildman–Crippen LogP) is 4.61. The summed E-state index contributed by atoms with van der Waals surface area (Å²) in [6.07, 6.45) is 0.610. The minimum atomic E-state index is -1.24. The first-order valence-corrected chi connectivity index (χ1v) is 11.5. The summed E-state index contributed by atoms with van der Waals surface area (Å²) in [5, 5.41) is 0. The van der Waals surface area contributed by atoms with E-state index < -0.39 is 10.8 Å². The summed E-state index contributed by atoms with van der Waals surface area (Å²) in [5.41, 5.74) is 5.08. The Morgan fingerprint density at radius 3 is 2.06 bits per heavy atom. The fourth-order valence-electron chi connectivity index (χ4n) is 4.40. The number of hydrogen-bond acceptors (Lipinski definition) is 4. The Bertz CT molecular complexity index is 1230. The number of fused-ring (bicyclic) bond motifs is 3. The van der Waals surface area contributed by atoms with Crippen molar-refractivity contribution in [1.29, 1.82) is 0 Å². The molecule has 0 saturated carbocycles. The van der Waals surface area contributed by atoms with Crippen LogP contribution in [0.25, 0.3) is 0 Å². The normalized spacial score (nSPS) is 16.9. The zero-order valence-electron chi connectivity index (χ0n) is 17.4. The number of para-hydroxylation sites is 1. The van der Waals surface area contributed by atoms with Crippen molar-refractivity contribution in [2.45, 2.75) is 30.1 Å². The highest BCUT2D eigenvalue weighted by atomic mass is 32.2. The lowest BCUT2D eigenvalue weighted by Crippen LogP contribution is -2.34. The van der Waals surface area contributed by atoms with Crippen LogP contribution < -0.4 is 4.90 Å². The first-order valence-electron chi connectivity index (χ1n) is 10.3. The Morgan fingerprint density at radius 2 is 1.35 bits per heavy atom. The summed E-state index contributed by atoms with van der Waals surface area (Å²) < 4.78 is 13.2. The van der Waals surface area contributed by atoms with Gasteiger partial charge in [0.2, 0.25) is 0 Å². The summed E-state index contributed by atoms with van der Waals surface area (Å²) in [7, 11) is -1.24. The zero-order valence-corrected chi connectivity index (χ0v) is 18.2. The second-order valence-electron chi connectivity index (χ2n) is 7.90. The van der Waals surface area contributed by atoms with E-state index in [1.165, 1.54) is 4.90 Å². The number of carbonyl (C=O) groups is 2. The van der Waals surface area contributed by atoms with Gasteiger partial charge in [-0.1, -0.05) is 30.3 Å². The van der Waals surface area contributed by atoms with Crippen molar-refractivity contribution in [3.8, 4) is 0 Å². The Kier molecular flexibility index (Phi) is 4.74. The monoisotopic (exact) mass is 430 g/mol. The van der Waals surface area contributed by atoms with Crippen molar-refractivity contribution in [1.82, 2.24) is 4.90 Å². The van der Waals surface area contributed by atoms with Gasteiger partial charge in [0.25, 0.3) is 11.8 Å². The van der Waals surface area contributed by atoms with E-state index in [0.717, 1.165) is 32.3 Å². The molecular weight excluding hydrogens is 408 g/mol. The number of hydrogen-bond donors (Lipinski definition) is 0. The molecule has 0 saturated heterocycles. The van der Waals surface area contributed by atoms with E-state index in [-0.39, 0.29) is 11.8 Å². The van der Waals surface area contributed by atoms with Crippen LogP contribution in [-0.4, -0.2) is 34.0 Å². The summed E-state index contributed by atoms with van der Waals surface area (Å²) in [6.45, 7) is 5.06. The van der Waals surface area contributed by atoms with Crippen LogP contribution in [0.1, 0.15) is 38.3 Å². The lowest BCUT2D eigenvalue weighted by Gasteiger charge is -2.34. The molecule has 0 spiro atoms. The van der Waals surface area contributed by atoms with Crippen LogP contribution >= 0.6 is 0 Å². The average molecular weight is 431 g/mol. The fraction of sp³-hybridized carbons (Fsp3) is 0.200. The lowest BCUT2D eigenvalue weighted by atomic mass is 10.1. The van der Waals surface area contributed by atoms with Crippen molar-refractivity contribution in [2.24, 2.45) is 0 Å². The van der Waals surface area contributed by atoms with Crippen LogP contribution in [-0.2, 0) is 10.8 Å². The van der Waals surface area contributed by atoms with Crippen LogP contribution in [0.15, 0.2) is 70.5 Å². The molecule has 0 radical (unpaired) electrons. The van der Waals surface area contributed by atoms with Gasteiger partial charge >= 0.3 is 0 Å². The van der Waals surface area contributed by atoms with Crippen LogP contribution in [0.5, 0.6) is 0 Å². The molecule has 0 aliphatic carbocycles. The maximum atomic E-state index is 13.2. The number of benzene rings is 3. The first-order chi connectivity index (χ1) is 15.0. The molecule has 3 aromatic rings. The molecule has 2 aliphatic rings.